The van der Waals surface area contributed by atoms with Crippen molar-refractivity contribution >= 4 is 23.4 Å². The maximum Gasteiger partial charge on any atom is 0.225 e. The van der Waals surface area contributed by atoms with Crippen LogP contribution in [0.15, 0.2) is 65.6 Å². The van der Waals surface area contributed by atoms with Crippen LogP contribution >= 0.6 is 11.8 Å². The maximum atomic E-state index is 11.7. The van der Waals surface area contributed by atoms with E-state index in [0.29, 0.717) is 6.42 Å². The van der Waals surface area contributed by atoms with Crippen LogP contribution in [0.1, 0.15) is 6.42 Å². The molecule has 2 nitrogen and oxygen atoms in total. The molecule has 0 aliphatic rings. The summed E-state index contributed by atoms with van der Waals surface area (Å²) in [6.45, 7) is 0. The number of amides is 1. The van der Waals surface area contributed by atoms with E-state index < -0.39 is 0 Å². The lowest BCUT2D eigenvalue weighted by atomic mass is 10.3. The van der Waals surface area contributed by atoms with E-state index in [4.69, 9.17) is 0 Å². The van der Waals surface area contributed by atoms with E-state index in [1.165, 1.54) is 4.90 Å². The number of carbonyl (C=O) groups is 1. The van der Waals surface area contributed by atoms with Crippen molar-refractivity contribution in [2.75, 3.05) is 11.1 Å². The van der Waals surface area contributed by atoms with Crippen LogP contribution in [-0.4, -0.2) is 11.7 Å². The lowest BCUT2D eigenvalue weighted by Gasteiger charge is -2.04. The largest absolute Gasteiger partial charge is 0.326 e. The number of anilines is 1. The van der Waals surface area contributed by atoms with Gasteiger partial charge in [-0.1, -0.05) is 36.4 Å². The summed E-state index contributed by atoms with van der Waals surface area (Å²) in [4.78, 5) is 12.9. The molecule has 2 rings (SSSR count). The molecular formula is C15H15NOS. The molecular weight excluding hydrogens is 242 g/mol. The van der Waals surface area contributed by atoms with E-state index in [9.17, 15) is 4.79 Å². The van der Waals surface area contributed by atoms with Crippen LogP contribution in [0.3, 0.4) is 0 Å². The number of thioether (sulfide) groups is 1. The molecule has 0 saturated heterocycles. The highest BCUT2D eigenvalue weighted by Gasteiger charge is 2.02. The molecule has 0 spiro atoms. The zero-order valence-corrected chi connectivity index (χ0v) is 10.8. The average molecular weight is 257 g/mol. The average Bonchev–Trinajstić information content (AvgIpc) is 2.41. The smallest absolute Gasteiger partial charge is 0.225 e. The van der Waals surface area contributed by atoms with Crippen molar-refractivity contribution in [1.29, 1.82) is 0 Å². The number of carbonyl (C=O) groups excluding carboxylic acids is 1. The van der Waals surface area contributed by atoms with Gasteiger partial charge in [-0.15, -0.1) is 11.8 Å². The van der Waals surface area contributed by atoms with Gasteiger partial charge in [-0.3, -0.25) is 4.79 Å². The fraction of sp³-hybridized carbons (Fsp3) is 0.133. The molecule has 0 atom stereocenters. The molecule has 0 radical (unpaired) electrons. The summed E-state index contributed by atoms with van der Waals surface area (Å²) >= 11 is 1.70. The predicted molar refractivity (Wildman–Crippen MR) is 76.9 cm³/mol. The number of benzene rings is 2. The third kappa shape index (κ3) is 4.26. The van der Waals surface area contributed by atoms with Crippen molar-refractivity contribution in [3.63, 3.8) is 0 Å². The highest BCUT2D eigenvalue weighted by molar-refractivity contribution is 7.99. The van der Waals surface area contributed by atoms with Crippen LogP contribution in [0.5, 0.6) is 0 Å². The first kappa shape index (κ1) is 12.7. The zero-order chi connectivity index (χ0) is 12.6. The first-order valence-electron chi connectivity index (χ1n) is 5.87. The minimum atomic E-state index is 0.0598. The van der Waals surface area contributed by atoms with Crippen molar-refractivity contribution in [1.82, 2.24) is 0 Å². The number of rotatable bonds is 5. The Morgan fingerprint density at radius 2 is 1.56 bits per heavy atom. The van der Waals surface area contributed by atoms with E-state index in [0.717, 1.165) is 11.4 Å². The second-order valence-electron chi connectivity index (χ2n) is 3.83. The fourth-order valence-electron chi connectivity index (χ4n) is 1.52. The second-order valence-corrected chi connectivity index (χ2v) is 4.99. The molecule has 0 saturated carbocycles. The molecule has 18 heavy (non-hydrogen) atoms. The van der Waals surface area contributed by atoms with Crippen LogP contribution in [0.4, 0.5) is 5.69 Å². The first-order chi connectivity index (χ1) is 8.84. The Balaban J connectivity index is 1.73. The van der Waals surface area contributed by atoms with Crippen molar-refractivity contribution in [3.8, 4) is 0 Å². The van der Waals surface area contributed by atoms with Gasteiger partial charge in [-0.25, -0.2) is 0 Å². The van der Waals surface area contributed by atoms with Crippen LogP contribution in [-0.2, 0) is 4.79 Å². The van der Waals surface area contributed by atoms with Gasteiger partial charge >= 0.3 is 0 Å². The molecule has 3 heteroatoms. The molecule has 0 heterocycles. The van der Waals surface area contributed by atoms with Gasteiger partial charge in [-0.05, 0) is 24.3 Å². The summed E-state index contributed by atoms with van der Waals surface area (Å²) < 4.78 is 0. The summed E-state index contributed by atoms with van der Waals surface area (Å²) in [5.41, 5.74) is 0.854. The maximum absolute atomic E-state index is 11.7. The predicted octanol–water partition coefficient (Wildman–Crippen LogP) is 3.81. The monoisotopic (exact) mass is 257 g/mol. The van der Waals surface area contributed by atoms with Crippen LogP contribution < -0.4 is 5.32 Å². The number of hydrogen-bond donors (Lipinski definition) is 1. The van der Waals surface area contributed by atoms with Crippen LogP contribution in [0.2, 0.25) is 0 Å². The number of hydrogen-bond acceptors (Lipinski definition) is 2. The number of para-hydroxylation sites is 1. The standard InChI is InChI=1S/C15H15NOS/c17-15(16-13-7-3-1-4-8-13)11-12-18-14-9-5-2-6-10-14/h1-10H,11-12H2,(H,16,17). The molecule has 1 N–H and O–H groups in total. The lowest BCUT2D eigenvalue weighted by Crippen LogP contribution is -2.11. The van der Waals surface area contributed by atoms with Gasteiger partial charge in [0.2, 0.25) is 5.91 Å². The Labute approximate surface area is 111 Å². The van der Waals surface area contributed by atoms with Gasteiger partial charge in [0.05, 0.1) is 0 Å². The Morgan fingerprint density at radius 3 is 2.22 bits per heavy atom. The van der Waals surface area contributed by atoms with Gasteiger partial charge in [0, 0.05) is 22.8 Å². The highest BCUT2D eigenvalue weighted by atomic mass is 32.2. The van der Waals surface area contributed by atoms with Gasteiger partial charge in [0.25, 0.3) is 0 Å². The summed E-state index contributed by atoms with van der Waals surface area (Å²) in [6, 6.07) is 19.7. The molecule has 1 amide bonds. The van der Waals surface area contributed by atoms with Gasteiger partial charge in [-0.2, -0.15) is 0 Å². The third-order valence-electron chi connectivity index (χ3n) is 2.40. The summed E-state index contributed by atoms with van der Waals surface area (Å²) in [5.74, 6) is 0.854. The second kappa shape index (κ2) is 6.87. The molecule has 0 aliphatic carbocycles. The summed E-state index contributed by atoms with van der Waals surface area (Å²) in [5, 5.41) is 2.88. The molecule has 0 aromatic heterocycles. The summed E-state index contributed by atoms with van der Waals surface area (Å²) in [6.07, 6.45) is 0.522. The minimum absolute atomic E-state index is 0.0598. The van der Waals surface area contributed by atoms with Crippen LogP contribution in [0.25, 0.3) is 0 Å². The quantitative estimate of drug-likeness (QED) is 0.825. The van der Waals surface area contributed by atoms with Crippen molar-refractivity contribution in [2.24, 2.45) is 0 Å². The van der Waals surface area contributed by atoms with Gasteiger partial charge in [0.1, 0.15) is 0 Å². The molecule has 92 valence electrons. The highest BCUT2D eigenvalue weighted by Crippen LogP contribution is 2.18. The molecule has 0 unspecified atom stereocenters. The van der Waals surface area contributed by atoms with Crippen molar-refractivity contribution in [2.45, 2.75) is 11.3 Å². The molecule has 0 bridgehead atoms. The number of nitrogens with one attached hydrogen (secondary N) is 1. The fourth-order valence-corrected chi connectivity index (χ4v) is 2.40. The summed E-state index contributed by atoms with van der Waals surface area (Å²) in [7, 11) is 0. The van der Waals surface area contributed by atoms with E-state index in [1.807, 2.05) is 48.5 Å². The molecule has 2 aromatic carbocycles. The topological polar surface area (TPSA) is 29.1 Å². The Kier molecular flexibility index (Phi) is 4.85. The molecule has 0 fully saturated rings. The van der Waals surface area contributed by atoms with E-state index in [2.05, 4.69) is 17.4 Å². The Morgan fingerprint density at radius 1 is 0.944 bits per heavy atom. The molecule has 2 aromatic rings. The van der Waals surface area contributed by atoms with E-state index in [1.54, 1.807) is 11.8 Å². The van der Waals surface area contributed by atoms with E-state index in [-0.39, 0.29) is 5.91 Å². The SMILES string of the molecule is O=C(CCSc1ccccc1)Nc1ccccc1. The van der Waals surface area contributed by atoms with Crippen LogP contribution in [0, 0.1) is 0 Å². The van der Waals surface area contributed by atoms with Crippen molar-refractivity contribution in [3.05, 3.63) is 60.7 Å². The van der Waals surface area contributed by atoms with Gasteiger partial charge < -0.3 is 5.32 Å². The first-order valence-corrected chi connectivity index (χ1v) is 6.86. The zero-order valence-electron chi connectivity index (χ0n) is 10.0. The van der Waals surface area contributed by atoms with Gasteiger partial charge in [0.15, 0.2) is 0 Å². The third-order valence-corrected chi connectivity index (χ3v) is 3.41. The Hall–Kier alpha value is -1.74. The minimum Gasteiger partial charge on any atom is -0.326 e. The molecule has 0 aliphatic heterocycles. The normalized spacial score (nSPS) is 10.0. The lowest BCUT2D eigenvalue weighted by molar-refractivity contribution is -0.115. The van der Waals surface area contributed by atoms with Crippen molar-refractivity contribution < 1.29 is 4.79 Å². The Bertz CT molecular complexity index is 484. The van der Waals surface area contributed by atoms with E-state index >= 15 is 0 Å².